The second-order valence-electron chi connectivity index (χ2n) is 4.12. The van der Waals surface area contributed by atoms with Crippen LogP contribution >= 0.6 is 15.9 Å². The summed E-state index contributed by atoms with van der Waals surface area (Å²) in [6.45, 7) is 1.88. The van der Waals surface area contributed by atoms with Crippen molar-refractivity contribution in [3.8, 4) is 11.6 Å². The van der Waals surface area contributed by atoms with E-state index in [-0.39, 0.29) is 11.6 Å². The second kappa shape index (κ2) is 5.88. The molecule has 1 N–H and O–H groups in total. The van der Waals surface area contributed by atoms with Gasteiger partial charge in [0.15, 0.2) is 5.69 Å². The molecule has 7 nitrogen and oxygen atoms in total. The van der Waals surface area contributed by atoms with Gasteiger partial charge in [0.05, 0.1) is 9.40 Å². The van der Waals surface area contributed by atoms with E-state index in [1.807, 2.05) is 6.92 Å². The van der Waals surface area contributed by atoms with Gasteiger partial charge in [-0.25, -0.2) is 4.79 Å². The molecule has 108 valence electrons. The van der Waals surface area contributed by atoms with Crippen molar-refractivity contribution < 1.29 is 19.6 Å². The third-order valence-corrected chi connectivity index (χ3v) is 3.17. The van der Waals surface area contributed by atoms with Crippen molar-refractivity contribution >= 4 is 27.6 Å². The van der Waals surface area contributed by atoms with Crippen LogP contribution in [0, 0.1) is 17.0 Å². The summed E-state index contributed by atoms with van der Waals surface area (Å²) in [5.41, 5.74) is 0.224. The monoisotopic (exact) mass is 352 g/mol. The van der Waals surface area contributed by atoms with Crippen molar-refractivity contribution in [2.75, 3.05) is 0 Å². The Hall–Kier alpha value is -2.48. The number of benzene rings is 1. The molecule has 1 aromatic heterocycles. The summed E-state index contributed by atoms with van der Waals surface area (Å²) in [4.78, 5) is 24.8. The average Bonchev–Trinajstić information content (AvgIpc) is 2.41. The van der Waals surface area contributed by atoms with Crippen molar-refractivity contribution in [2.45, 2.75) is 6.92 Å². The number of hydrogen-bond acceptors (Lipinski definition) is 5. The van der Waals surface area contributed by atoms with E-state index in [0.717, 1.165) is 17.7 Å². The summed E-state index contributed by atoms with van der Waals surface area (Å²) in [6.07, 6.45) is 0. The molecule has 1 heterocycles. The van der Waals surface area contributed by atoms with Gasteiger partial charge in [0.1, 0.15) is 5.75 Å². The highest BCUT2D eigenvalue weighted by Crippen LogP contribution is 2.34. The van der Waals surface area contributed by atoms with Crippen LogP contribution in [0.1, 0.15) is 16.1 Å². The van der Waals surface area contributed by atoms with Gasteiger partial charge in [-0.15, -0.1) is 0 Å². The highest BCUT2D eigenvalue weighted by molar-refractivity contribution is 9.10. The standard InChI is InChI=1S/C13H9BrN2O5/c1-7-2-5-11(8(14)6-7)21-12-10(16(19)20)4-3-9(15-12)13(17)18/h2-6H,1H3,(H,17,18). The fourth-order valence-electron chi connectivity index (χ4n) is 1.56. The lowest BCUT2D eigenvalue weighted by Crippen LogP contribution is -2.04. The number of rotatable bonds is 4. The van der Waals surface area contributed by atoms with E-state index in [4.69, 9.17) is 9.84 Å². The van der Waals surface area contributed by atoms with E-state index in [0.29, 0.717) is 10.2 Å². The maximum atomic E-state index is 11.0. The van der Waals surface area contributed by atoms with Crippen LogP contribution in [0.2, 0.25) is 0 Å². The molecule has 0 aliphatic rings. The van der Waals surface area contributed by atoms with Gasteiger partial charge in [0, 0.05) is 6.07 Å². The van der Waals surface area contributed by atoms with E-state index in [2.05, 4.69) is 20.9 Å². The maximum Gasteiger partial charge on any atom is 0.354 e. The van der Waals surface area contributed by atoms with Crippen LogP contribution in [-0.4, -0.2) is 21.0 Å². The van der Waals surface area contributed by atoms with E-state index >= 15 is 0 Å². The van der Waals surface area contributed by atoms with Crippen LogP contribution < -0.4 is 4.74 Å². The molecule has 2 rings (SSSR count). The van der Waals surface area contributed by atoms with Crippen LogP contribution in [0.15, 0.2) is 34.8 Å². The highest BCUT2D eigenvalue weighted by Gasteiger charge is 2.21. The first-order valence-corrected chi connectivity index (χ1v) is 6.50. The summed E-state index contributed by atoms with van der Waals surface area (Å²) in [5, 5.41) is 19.9. The van der Waals surface area contributed by atoms with Gasteiger partial charge in [0.25, 0.3) is 0 Å². The molecule has 0 spiro atoms. The molecule has 0 saturated heterocycles. The lowest BCUT2D eigenvalue weighted by atomic mass is 10.2. The molecule has 0 radical (unpaired) electrons. The normalized spacial score (nSPS) is 10.2. The summed E-state index contributed by atoms with van der Waals surface area (Å²) < 4.78 is 5.97. The van der Waals surface area contributed by atoms with E-state index in [9.17, 15) is 14.9 Å². The van der Waals surface area contributed by atoms with Crippen molar-refractivity contribution in [1.29, 1.82) is 0 Å². The molecule has 2 aromatic rings. The van der Waals surface area contributed by atoms with Crippen molar-refractivity contribution in [3.05, 3.63) is 56.2 Å². The fraction of sp³-hybridized carbons (Fsp3) is 0.0769. The third kappa shape index (κ3) is 3.34. The SMILES string of the molecule is Cc1ccc(Oc2nc(C(=O)O)ccc2[N+](=O)[O-])c(Br)c1. The zero-order valence-corrected chi connectivity index (χ0v) is 12.3. The predicted molar refractivity (Wildman–Crippen MR) is 76.8 cm³/mol. The number of ether oxygens (including phenoxy) is 1. The molecular weight excluding hydrogens is 344 g/mol. The number of aromatic nitrogens is 1. The minimum absolute atomic E-state index is 0.304. The number of hydrogen-bond donors (Lipinski definition) is 1. The van der Waals surface area contributed by atoms with E-state index in [1.165, 1.54) is 0 Å². The van der Waals surface area contributed by atoms with Gasteiger partial charge >= 0.3 is 17.5 Å². The van der Waals surface area contributed by atoms with E-state index < -0.39 is 16.6 Å². The maximum absolute atomic E-state index is 11.0. The Morgan fingerprint density at radius 2 is 2.10 bits per heavy atom. The van der Waals surface area contributed by atoms with Crippen molar-refractivity contribution in [2.24, 2.45) is 0 Å². The first-order chi connectivity index (χ1) is 9.88. The Kier molecular flexibility index (Phi) is 4.18. The number of carbonyl (C=O) groups is 1. The largest absolute Gasteiger partial charge is 0.477 e. The zero-order chi connectivity index (χ0) is 15.6. The molecule has 0 fully saturated rings. The Morgan fingerprint density at radius 3 is 2.67 bits per heavy atom. The first kappa shape index (κ1) is 14.9. The minimum Gasteiger partial charge on any atom is -0.477 e. The molecule has 0 aliphatic heterocycles. The van der Waals surface area contributed by atoms with Crippen LogP contribution in [-0.2, 0) is 0 Å². The van der Waals surface area contributed by atoms with Gasteiger partial charge < -0.3 is 9.84 Å². The summed E-state index contributed by atoms with van der Waals surface area (Å²) in [6, 6.07) is 7.23. The molecule has 0 unspecified atom stereocenters. The minimum atomic E-state index is -1.29. The number of aromatic carboxylic acids is 1. The zero-order valence-electron chi connectivity index (χ0n) is 10.7. The van der Waals surface area contributed by atoms with E-state index in [1.54, 1.807) is 18.2 Å². The average molecular weight is 353 g/mol. The van der Waals surface area contributed by atoms with Gasteiger partial charge in [0.2, 0.25) is 0 Å². The molecule has 0 bridgehead atoms. The van der Waals surface area contributed by atoms with Crippen molar-refractivity contribution in [1.82, 2.24) is 4.98 Å². The summed E-state index contributed by atoms with van der Waals surface area (Å²) in [7, 11) is 0. The first-order valence-electron chi connectivity index (χ1n) is 5.71. The molecule has 0 aliphatic carbocycles. The second-order valence-corrected chi connectivity index (χ2v) is 4.97. The molecule has 8 heteroatoms. The number of nitro groups is 1. The van der Waals surface area contributed by atoms with Crippen LogP contribution in [0.4, 0.5) is 5.69 Å². The number of aryl methyl sites for hydroxylation is 1. The highest BCUT2D eigenvalue weighted by atomic mass is 79.9. The number of pyridine rings is 1. The number of carboxylic acids is 1. The van der Waals surface area contributed by atoms with Crippen LogP contribution in [0.25, 0.3) is 0 Å². The third-order valence-electron chi connectivity index (χ3n) is 2.55. The lowest BCUT2D eigenvalue weighted by Gasteiger charge is -2.08. The quantitative estimate of drug-likeness (QED) is 0.666. The molecular formula is C13H9BrN2O5. The number of halogens is 1. The molecule has 0 amide bonds. The number of nitrogens with zero attached hydrogens (tertiary/aromatic N) is 2. The van der Waals surface area contributed by atoms with Gasteiger partial charge in [-0.05, 0) is 46.6 Å². The predicted octanol–water partition coefficient (Wildman–Crippen LogP) is 3.55. The molecule has 1 aromatic carbocycles. The fourth-order valence-corrected chi connectivity index (χ4v) is 2.13. The Balaban J connectivity index is 2.48. The topological polar surface area (TPSA) is 103 Å². The Bertz CT molecular complexity index is 732. The van der Waals surface area contributed by atoms with Crippen LogP contribution in [0.3, 0.4) is 0 Å². The van der Waals surface area contributed by atoms with Gasteiger partial charge in [-0.2, -0.15) is 4.98 Å². The molecule has 0 saturated carbocycles. The van der Waals surface area contributed by atoms with Gasteiger partial charge in [-0.1, -0.05) is 6.07 Å². The number of carboxylic acid groups (broad SMARTS) is 1. The van der Waals surface area contributed by atoms with Crippen molar-refractivity contribution in [3.63, 3.8) is 0 Å². The summed E-state index contributed by atoms with van der Waals surface area (Å²) in [5.74, 6) is -1.36. The smallest absolute Gasteiger partial charge is 0.354 e. The Morgan fingerprint density at radius 1 is 1.38 bits per heavy atom. The molecule has 21 heavy (non-hydrogen) atoms. The summed E-state index contributed by atoms with van der Waals surface area (Å²) >= 11 is 3.27. The van der Waals surface area contributed by atoms with Gasteiger partial charge in [-0.3, -0.25) is 10.1 Å². The molecule has 0 atom stereocenters. The lowest BCUT2D eigenvalue weighted by molar-refractivity contribution is -0.386. The Labute approximate surface area is 127 Å². The van der Waals surface area contributed by atoms with Crippen LogP contribution in [0.5, 0.6) is 11.6 Å².